The molecule has 0 amide bonds. The number of aryl methyl sites for hydroxylation is 4. The first kappa shape index (κ1) is 15.4. The number of fused-ring (bicyclic) bond motifs is 1. The van der Waals surface area contributed by atoms with Crippen molar-refractivity contribution in [2.75, 3.05) is 4.72 Å². The zero-order valence-electron chi connectivity index (χ0n) is 13.3. The monoisotopic (exact) mass is 331 g/mol. The first-order valence-corrected chi connectivity index (χ1v) is 8.56. The number of benzene rings is 1. The Morgan fingerprint density at radius 1 is 1.04 bits per heavy atom. The maximum absolute atomic E-state index is 12.6. The van der Waals surface area contributed by atoms with Gasteiger partial charge >= 0.3 is 0 Å². The molecule has 2 aromatic heterocycles. The summed E-state index contributed by atoms with van der Waals surface area (Å²) in [5.41, 5.74) is 3.84. The Bertz CT molecular complexity index is 1010. The van der Waals surface area contributed by atoms with Gasteiger partial charge in [-0.1, -0.05) is 12.1 Å². The van der Waals surface area contributed by atoms with Crippen molar-refractivity contribution in [2.24, 2.45) is 0 Å². The maximum atomic E-state index is 12.6. The zero-order chi connectivity index (χ0) is 16.8. The molecule has 7 nitrogen and oxygen atoms in total. The Labute approximate surface area is 134 Å². The third-order valence-corrected chi connectivity index (χ3v) is 4.62. The first-order chi connectivity index (χ1) is 10.8. The summed E-state index contributed by atoms with van der Waals surface area (Å²) in [5, 5.41) is 3.77. The average molecular weight is 331 g/mol. The second-order valence-corrected chi connectivity index (χ2v) is 7.15. The fraction of sp³-hybridized carbons (Fsp3) is 0.267. The molecule has 0 bridgehead atoms. The molecule has 1 aromatic carbocycles. The number of anilines is 1. The third kappa shape index (κ3) is 2.89. The molecule has 0 spiro atoms. The normalized spacial score (nSPS) is 11.8. The van der Waals surface area contributed by atoms with Crippen LogP contribution >= 0.6 is 0 Å². The number of hydrogen-bond donors (Lipinski definition) is 1. The molecule has 23 heavy (non-hydrogen) atoms. The van der Waals surface area contributed by atoms with Crippen molar-refractivity contribution >= 4 is 21.5 Å². The molecular weight excluding hydrogens is 314 g/mol. The van der Waals surface area contributed by atoms with Gasteiger partial charge in [0.2, 0.25) is 0 Å². The van der Waals surface area contributed by atoms with Crippen molar-refractivity contribution in [1.29, 1.82) is 0 Å². The summed E-state index contributed by atoms with van der Waals surface area (Å²) in [4.78, 5) is 8.25. The molecule has 120 valence electrons. The molecule has 0 atom stereocenters. The van der Waals surface area contributed by atoms with E-state index in [-0.39, 0.29) is 10.9 Å². The van der Waals surface area contributed by atoms with Gasteiger partial charge in [-0.3, -0.25) is 4.72 Å². The minimum absolute atomic E-state index is 0.267. The van der Waals surface area contributed by atoms with Crippen LogP contribution in [0.1, 0.15) is 22.5 Å². The van der Waals surface area contributed by atoms with Gasteiger partial charge in [0, 0.05) is 11.4 Å². The molecule has 0 aliphatic rings. The molecule has 0 saturated carbocycles. The summed E-state index contributed by atoms with van der Waals surface area (Å²) in [7, 11) is -3.88. The third-order valence-electron chi connectivity index (χ3n) is 3.48. The SMILES string of the molecule is Cc1ccc(C)c(NS(=O)(=O)c2nc3nc(C)cc(C)n3n2)c1. The Morgan fingerprint density at radius 2 is 1.78 bits per heavy atom. The summed E-state index contributed by atoms with van der Waals surface area (Å²) < 4.78 is 29.1. The van der Waals surface area contributed by atoms with E-state index in [0.717, 1.165) is 22.5 Å². The lowest BCUT2D eigenvalue weighted by atomic mass is 10.1. The maximum Gasteiger partial charge on any atom is 0.299 e. The van der Waals surface area contributed by atoms with Gasteiger partial charge in [-0.25, -0.2) is 9.50 Å². The second kappa shape index (κ2) is 5.31. The highest BCUT2D eigenvalue weighted by Gasteiger charge is 2.22. The summed E-state index contributed by atoms with van der Waals surface area (Å²) in [5.74, 6) is 0.267. The van der Waals surface area contributed by atoms with Gasteiger partial charge in [-0.2, -0.15) is 13.4 Å². The lowest BCUT2D eigenvalue weighted by molar-refractivity contribution is 0.592. The molecule has 0 radical (unpaired) electrons. The summed E-state index contributed by atoms with van der Waals surface area (Å²) in [6.07, 6.45) is 0. The van der Waals surface area contributed by atoms with Crippen molar-refractivity contribution in [3.05, 3.63) is 46.8 Å². The molecule has 0 unspecified atom stereocenters. The van der Waals surface area contributed by atoms with E-state index in [1.54, 1.807) is 6.07 Å². The van der Waals surface area contributed by atoms with Crippen LogP contribution in [0.2, 0.25) is 0 Å². The molecule has 3 aromatic rings. The molecule has 3 rings (SSSR count). The van der Waals surface area contributed by atoms with E-state index in [1.807, 2.05) is 45.9 Å². The van der Waals surface area contributed by atoms with Crippen LogP contribution in [0.5, 0.6) is 0 Å². The highest BCUT2D eigenvalue weighted by molar-refractivity contribution is 7.92. The van der Waals surface area contributed by atoms with Crippen LogP contribution in [-0.4, -0.2) is 28.0 Å². The average Bonchev–Trinajstić information content (AvgIpc) is 2.87. The highest BCUT2D eigenvalue weighted by atomic mass is 32.2. The molecule has 8 heteroatoms. The van der Waals surface area contributed by atoms with Crippen LogP contribution in [-0.2, 0) is 10.0 Å². The Balaban J connectivity index is 2.06. The van der Waals surface area contributed by atoms with Gasteiger partial charge in [0.25, 0.3) is 21.0 Å². The fourth-order valence-electron chi connectivity index (χ4n) is 2.30. The molecular formula is C15H17N5O2S. The van der Waals surface area contributed by atoms with Gasteiger partial charge in [-0.05, 0) is 51.0 Å². The molecule has 0 aliphatic carbocycles. The minimum Gasteiger partial charge on any atom is -0.277 e. The summed E-state index contributed by atoms with van der Waals surface area (Å²) in [6, 6.07) is 7.37. The van der Waals surface area contributed by atoms with E-state index in [0.29, 0.717) is 5.69 Å². The molecule has 1 N–H and O–H groups in total. The number of aromatic nitrogens is 4. The number of nitrogens with zero attached hydrogens (tertiary/aromatic N) is 4. The van der Waals surface area contributed by atoms with Crippen molar-refractivity contribution in [1.82, 2.24) is 19.6 Å². The molecule has 0 fully saturated rings. The Hall–Kier alpha value is -2.48. The van der Waals surface area contributed by atoms with Crippen LogP contribution in [0.4, 0.5) is 5.69 Å². The van der Waals surface area contributed by atoms with Crippen molar-refractivity contribution in [2.45, 2.75) is 32.9 Å². The number of sulfonamides is 1. The number of rotatable bonds is 3. The lowest BCUT2D eigenvalue weighted by Gasteiger charge is -2.08. The van der Waals surface area contributed by atoms with Crippen LogP contribution in [0.15, 0.2) is 29.4 Å². The fourth-order valence-corrected chi connectivity index (χ4v) is 3.29. The minimum atomic E-state index is -3.88. The van der Waals surface area contributed by atoms with E-state index in [2.05, 4.69) is 19.8 Å². The molecule has 2 heterocycles. The summed E-state index contributed by atoms with van der Waals surface area (Å²) in [6.45, 7) is 7.38. The smallest absolute Gasteiger partial charge is 0.277 e. The lowest BCUT2D eigenvalue weighted by Crippen LogP contribution is -2.15. The predicted octanol–water partition coefficient (Wildman–Crippen LogP) is 2.16. The van der Waals surface area contributed by atoms with Crippen LogP contribution in [0.25, 0.3) is 5.78 Å². The van der Waals surface area contributed by atoms with E-state index in [4.69, 9.17) is 0 Å². The number of hydrogen-bond acceptors (Lipinski definition) is 5. The second-order valence-electron chi connectivity index (χ2n) is 5.57. The van der Waals surface area contributed by atoms with Gasteiger partial charge < -0.3 is 0 Å². The van der Waals surface area contributed by atoms with E-state index >= 15 is 0 Å². The van der Waals surface area contributed by atoms with Gasteiger partial charge in [0.15, 0.2) is 0 Å². The molecule has 0 saturated heterocycles. The van der Waals surface area contributed by atoms with Gasteiger partial charge in [0.1, 0.15) is 0 Å². The van der Waals surface area contributed by atoms with Gasteiger partial charge in [-0.15, -0.1) is 5.10 Å². The number of nitrogens with one attached hydrogen (secondary N) is 1. The first-order valence-electron chi connectivity index (χ1n) is 7.07. The van der Waals surface area contributed by atoms with E-state index in [1.165, 1.54) is 4.52 Å². The van der Waals surface area contributed by atoms with Crippen molar-refractivity contribution in [3.8, 4) is 0 Å². The van der Waals surface area contributed by atoms with Crippen LogP contribution in [0, 0.1) is 27.7 Å². The topological polar surface area (TPSA) is 89.2 Å². The highest BCUT2D eigenvalue weighted by Crippen LogP contribution is 2.20. The zero-order valence-corrected chi connectivity index (χ0v) is 14.1. The predicted molar refractivity (Wildman–Crippen MR) is 87.0 cm³/mol. The Morgan fingerprint density at radius 3 is 2.52 bits per heavy atom. The Kier molecular flexibility index (Phi) is 3.56. The van der Waals surface area contributed by atoms with Crippen molar-refractivity contribution in [3.63, 3.8) is 0 Å². The molecule has 0 aliphatic heterocycles. The van der Waals surface area contributed by atoms with Gasteiger partial charge in [0.05, 0.1) is 5.69 Å². The largest absolute Gasteiger partial charge is 0.299 e. The van der Waals surface area contributed by atoms with E-state index < -0.39 is 10.0 Å². The summed E-state index contributed by atoms with van der Waals surface area (Å²) >= 11 is 0. The van der Waals surface area contributed by atoms with E-state index in [9.17, 15) is 8.42 Å². The standard InChI is InChI=1S/C15H17N5O2S/c1-9-5-6-10(2)13(7-9)19-23(21,22)15-17-14-16-11(3)8-12(4)20(14)18-15/h5-8,19H,1-4H3. The van der Waals surface area contributed by atoms with Crippen LogP contribution < -0.4 is 4.72 Å². The van der Waals surface area contributed by atoms with Crippen LogP contribution in [0.3, 0.4) is 0 Å². The quantitative estimate of drug-likeness (QED) is 0.794. The van der Waals surface area contributed by atoms with Crippen molar-refractivity contribution < 1.29 is 8.42 Å².